The Hall–Kier alpha value is -1.91. The number of rotatable bonds is 0. The van der Waals surface area contributed by atoms with Gasteiger partial charge in [0.1, 0.15) is 5.75 Å². The summed E-state index contributed by atoms with van der Waals surface area (Å²) in [5.74, 6) is 0.856. The fourth-order valence-corrected chi connectivity index (χ4v) is 1.62. The molecule has 80 valence electrons. The van der Waals surface area contributed by atoms with E-state index in [1.54, 1.807) is 4.90 Å². The first kappa shape index (κ1) is 9.64. The Labute approximate surface area is 87.7 Å². The average molecular weight is 207 g/mol. The number of hydrogen-bond donors (Lipinski definition) is 2. The molecule has 1 aliphatic heterocycles. The normalized spacial score (nSPS) is 16.5. The summed E-state index contributed by atoms with van der Waals surface area (Å²) >= 11 is 0. The highest BCUT2D eigenvalue weighted by molar-refractivity contribution is 5.95. The number of nitrogens with zero attached hydrogens (tertiary/aromatic N) is 2. The van der Waals surface area contributed by atoms with E-state index < -0.39 is 0 Å². The lowest BCUT2D eigenvalue weighted by atomic mass is 10.2. The number of nitrogens with two attached hydrogens (primary N) is 1. The number of guanidine groups is 1. The average Bonchev–Trinajstić information content (AvgIpc) is 2.50. The molecule has 0 aliphatic carbocycles. The van der Waals surface area contributed by atoms with E-state index in [9.17, 15) is 0 Å². The second-order valence-corrected chi connectivity index (χ2v) is 3.28. The molecule has 0 spiro atoms. The molecule has 0 fully saturated rings. The van der Waals surface area contributed by atoms with Crippen LogP contribution < -0.4 is 15.4 Å². The Morgan fingerprint density at radius 2 is 2.27 bits per heavy atom. The van der Waals surface area contributed by atoms with Crippen molar-refractivity contribution in [2.45, 2.75) is 6.42 Å². The second kappa shape index (κ2) is 4.08. The Morgan fingerprint density at radius 3 is 3.07 bits per heavy atom. The molecule has 0 radical (unpaired) electrons. The van der Waals surface area contributed by atoms with Gasteiger partial charge in [0.15, 0.2) is 0 Å². The second-order valence-electron chi connectivity index (χ2n) is 3.28. The summed E-state index contributed by atoms with van der Waals surface area (Å²) in [6.07, 6.45) is 0.838. The Balaban J connectivity index is 2.41. The largest absolute Gasteiger partial charge is 0.491 e. The molecule has 0 aromatic heterocycles. The maximum atomic E-state index is 8.68. The molecular formula is C10H13N3O2. The van der Waals surface area contributed by atoms with Crippen LogP contribution in [0.4, 0.5) is 5.69 Å². The third-order valence-corrected chi connectivity index (χ3v) is 2.32. The first-order valence-corrected chi connectivity index (χ1v) is 4.80. The summed E-state index contributed by atoms with van der Waals surface area (Å²) in [5, 5.41) is 11.7. The van der Waals surface area contributed by atoms with Crippen molar-refractivity contribution in [2.75, 3.05) is 18.1 Å². The summed E-state index contributed by atoms with van der Waals surface area (Å²) in [4.78, 5) is 1.74. The molecule has 2 rings (SSSR count). The van der Waals surface area contributed by atoms with Crippen LogP contribution in [0.3, 0.4) is 0 Å². The van der Waals surface area contributed by atoms with Crippen LogP contribution in [-0.4, -0.2) is 24.3 Å². The molecule has 5 heteroatoms. The molecule has 3 N–H and O–H groups in total. The van der Waals surface area contributed by atoms with Gasteiger partial charge in [0, 0.05) is 6.54 Å². The quantitative estimate of drug-likeness (QED) is 0.288. The molecule has 1 aliphatic rings. The number of anilines is 1. The summed E-state index contributed by atoms with van der Waals surface area (Å²) < 4.78 is 5.54. The Morgan fingerprint density at radius 1 is 1.47 bits per heavy atom. The monoisotopic (exact) mass is 207 g/mol. The minimum absolute atomic E-state index is 0.0907. The molecule has 0 amide bonds. The molecule has 0 unspecified atom stereocenters. The molecule has 15 heavy (non-hydrogen) atoms. The van der Waals surface area contributed by atoms with E-state index in [-0.39, 0.29) is 5.96 Å². The zero-order chi connectivity index (χ0) is 10.7. The predicted molar refractivity (Wildman–Crippen MR) is 57.3 cm³/mol. The lowest BCUT2D eigenvalue weighted by molar-refractivity contribution is 0.316. The highest BCUT2D eigenvalue weighted by Gasteiger charge is 2.18. The summed E-state index contributed by atoms with van der Waals surface area (Å²) in [6.45, 7) is 1.33. The van der Waals surface area contributed by atoms with Crippen molar-refractivity contribution in [2.24, 2.45) is 10.9 Å². The van der Waals surface area contributed by atoms with Gasteiger partial charge in [0.25, 0.3) is 0 Å². The maximum absolute atomic E-state index is 8.68. The highest BCUT2D eigenvalue weighted by Crippen LogP contribution is 2.29. The van der Waals surface area contributed by atoms with Crippen LogP contribution in [0.15, 0.2) is 29.4 Å². The van der Waals surface area contributed by atoms with Crippen molar-refractivity contribution in [1.29, 1.82) is 0 Å². The molecule has 0 saturated carbocycles. The zero-order valence-electron chi connectivity index (χ0n) is 8.26. The first-order valence-electron chi connectivity index (χ1n) is 4.80. The van der Waals surface area contributed by atoms with E-state index in [2.05, 4.69) is 5.16 Å². The molecule has 0 atom stereocenters. The third-order valence-electron chi connectivity index (χ3n) is 2.32. The van der Waals surface area contributed by atoms with E-state index in [0.717, 1.165) is 17.9 Å². The number of ether oxygens (including phenoxy) is 1. The minimum Gasteiger partial charge on any atom is -0.491 e. The van der Waals surface area contributed by atoms with Crippen LogP contribution in [0.5, 0.6) is 5.75 Å². The van der Waals surface area contributed by atoms with Crippen LogP contribution in [0.2, 0.25) is 0 Å². The summed E-state index contributed by atoms with van der Waals surface area (Å²) in [5.41, 5.74) is 6.44. The highest BCUT2D eigenvalue weighted by atomic mass is 16.5. The van der Waals surface area contributed by atoms with E-state index in [1.165, 1.54) is 0 Å². The summed E-state index contributed by atoms with van der Waals surface area (Å²) in [7, 11) is 0. The van der Waals surface area contributed by atoms with Crippen molar-refractivity contribution in [1.82, 2.24) is 0 Å². The van der Waals surface area contributed by atoms with Gasteiger partial charge in [-0.15, -0.1) is 0 Å². The summed E-state index contributed by atoms with van der Waals surface area (Å²) in [6, 6.07) is 7.55. The van der Waals surface area contributed by atoms with Crippen LogP contribution >= 0.6 is 0 Å². The van der Waals surface area contributed by atoms with E-state index in [0.29, 0.717) is 13.2 Å². The first-order chi connectivity index (χ1) is 7.33. The standard InChI is InChI=1S/C10H13N3O2/c11-10(12-14)13-6-3-7-15-9-5-2-1-4-8(9)13/h1-2,4-5,14H,3,6-7H2,(H2,11,12). The van der Waals surface area contributed by atoms with Gasteiger partial charge < -0.3 is 20.6 Å². The Kier molecular flexibility index (Phi) is 2.62. The lowest BCUT2D eigenvalue weighted by Crippen LogP contribution is -2.37. The van der Waals surface area contributed by atoms with Gasteiger partial charge in [-0.2, -0.15) is 0 Å². The molecule has 0 saturated heterocycles. The zero-order valence-corrected chi connectivity index (χ0v) is 8.26. The number of oxime groups is 1. The predicted octanol–water partition coefficient (Wildman–Crippen LogP) is 0.979. The van der Waals surface area contributed by atoms with Crippen molar-refractivity contribution >= 4 is 11.6 Å². The van der Waals surface area contributed by atoms with Gasteiger partial charge >= 0.3 is 0 Å². The van der Waals surface area contributed by atoms with Crippen molar-refractivity contribution in [3.63, 3.8) is 0 Å². The number of hydrogen-bond acceptors (Lipinski definition) is 3. The number of fused-ring (bicyclic) bond motifs is 1. The fraction of sp³-hybridized carbons (Fsp3) is 0.300. The maximum Gasteiger partial charge on any atom is 0.237 e. The van der Waals surface area contributed by atoms with Crippen LogP contribution in [0.1, 0.15) is 6.42 Å². The van der Waals surface area contributed by atoms with E-state index in [1.807, 2.05) is 24.3 Å². The molecule has 1 heterocycles. The van der Waals surface area contributed by atoms with E-state index in [4.69, 9.17) is 15.7 Å². The molecule has 0 bridgehead atoms. The molecular weight excluding hydrogens is 194 g/mol. The van der Waals surface area contributed by atoms with Gasteiger partial charge in [-0.05, 0) is 18.6 Å². The lowest BCUT2D eigenvalue weighted by Gasteiger charge is -2.20. The fourth-order valence-electron chi connectivity index (χ4n) is 1.62. The van der Waals surface area contributed by atoms with E-state index >= 15 is 0 Å². The van der Waals surface area contributed by atoms with Gasteiger partial charge in [-0.3, -0.25) is 0 Å². The number of benzene rings is 1. The smallest absolute Gasteiger partial charge is 0.237 e. The van der Waals surface area contributed by atoms with Crippen molar-refractivity contribution in [3.8, 4) is 5.75 Å². The van der Waals surface area contributed by atoms with Crippen LogP contribution in [-0.2, 0) is 0 Å². The van der Waals surface area contributed by atoms with Crippen molar-refractivity contribution in [3.05, 3.63) is 24.3 Å². The molecule has 1 aromatic rings. The van der Waals surface area contributed by atoms with Gasteiger partial charge in [-0.25, -0.2) is 0 Å². The molecule has 1 aromatic carbocycles. The van der Waals surface area contributed by atoms with Crippen LogP contribution in [0, 0.1) is 0 Å². The van der Waals surface area contributed by atoms with Gasteiger partial charge in [0.05, 0.1) is 12.3 Å². The topological polar surface area (TPSA) is 71.1 Å². The van der Waals surface area contributed by atoms with Crippen LogP contribution in [0.25, 0.3) is 0 Å². The third kappa shape index (κ3) is 1.81. The Bertz CT molecular complexity index is 379. The number of para-hydroxylation sites is 2. The van der Waals surface area contributed by atoms with Gasteiger partial charge in [0.2, 0.25) is 5.96 Å². The van der Waals surface area contributed by atoms with Gasteiger partial charge in [-0.1, -0.05) is 17.3 Å². The van der Waals surface area contributed by atoms with Crippen molar-refractivity contribution < 1.29 is 9.94 Å². The SMILES string of the molecule is N/C(=N/O)N1CCCOc2ccccc21. The minimum atomic E-state index is 0.0907. The molecule has 5 nitrogen and oxygen atoms in total.